The van der Waals surface area contributed by atoms with Crippen LogP contribution in [0.5, 0.6) is 0 Å². The molecule has 2 rings (SSSR count). The van der Waals surface area contributed by atoms with Crippen LogP contribution in [-0.2, 0) is 4.79 Å². The third-order valence-corrected chi connectivity index (χ3v) is 4.44. The predicted molar refractivity (Wildman–Crippen MR) is 83.8 cm³/mol. The number of nitrogens with zero attached hydrogens (tertiary/aromatic N) is 1. The molecule has 0 aromatic heterocycles. The summed E-state index contributed by atoms with van der Waals surface area (Å²) in [5.74, 6) is -0.857. The van der Waals surface area contributed by atoms with E-state index in [-0.39, 0.29) is 18.5 Å². The van der Waals surface area contributed by atoms with E-state index in [2.05, 4.69) is 5.32 Å². The molecule has 0 saturated carbocycles. The molecule has 1 aliphatic heterocycles. The highest BCUT2D eigenvalue weighted by Crippen LogP contribution is 2.26. The number of para-hydroxylation sites is 1. The van der Waals surface area contributed by atoms with Crippen LogP contribution < -0.4 is 5.32 Å². The van der Waals surface area contributed by atoms with E-state index in [9.17, 15) is 9.59 Å². The lowest BCUT2D eigenvalue weighted by Gasteiger charge is -2.35. The van der Waals surface area contributed by atoms with Crippen LogP contribution in [0, 0.1) is 0 Å². The maximum atomic E-state index is 12.4. The topological polar surface area (TPSA) is 69.6 Å². The van der Waals surface area contributed by atoms with Crippen molar-refractivity contribution in [3.8, 4) is 0 Å². The van der Waals surface area contributed by atoms with E-state index in [1.807, 2.05) is 30.5 Å². The van der Waals surface area contributed by atoms with Gasteiger partial charge in [-0.05, 0) is 37.7 Å². The predicted octanol–water partition coefficient (Wildman–Crippen LogP) is 3.27. The Balaban J connectivity index is 2.08. The van der Waals surface area contributed by atoms with Crippen molar-refractivity contribution in [3.05, 3.63) is 24.3 Å². The molecule has 0 radical (unpaired) electrons. The number of carboxylic acid groups (broad SMARTS) is 1. The zero-order valence-electron chi connectivity index (χ0n) is 12.0. The van der Waals surface area contributed by atoms with Crippen LogP contribution in [0.2, 0.25) is 0 Å². The lowest BCUT2D eigenvalue weighted by molar-refractivity contribution is -0.138. The Morgan fingerprint density at radius 3 is 2.86 bits per heavy atom. The molecule has 1 aromatic rings. The van der Waals surface area contributed by atoms with Gasteiger partial charge in [-0.25, -0.2) is 4.79 Å². The number of urea groups is 1. The van der Waals surface area contributed by atoms with Gasteiger partial charge in [0, 0.05) is 17.5 Å². The van der Waals surface area contributed by atoms with Gasteiger partial charge in [-0.15, -0.1) is 11.8 Å². The zero-order valence-corrected chi connectivity index (χ0v) is 12.9. The maximum absolute atomic E-state index is 12.4. The summed E-state index contributed by atoms with van der Waals surface area (Å²) in [5.41, 5.74) is 0.773. The Bertz CT molecular complexity index is 521. The molecular formula is C15H20N2O3S. The Morgan fingerprint density at radius 2 is 2.14 bits per heavy atom. The van der Waals surface area contributed by atoms with Crippen LogP contribution in [0.1, 0.15) is 25.7 Å². The molecule has 1 heterocycles. The van der Waals surface area contributed by atoms with Crippen LogP contribution >= 0.6 is 11.8 Å². The summed E-state index contributed by atoms with van der Waals surface area (Å²) < 4.78 is 0. The molecule has 2 amide bonds. The minimum atomic E-state index is -0.857. The zero-order chi connectivity index (χ0) is 15.2. The second kappa shape index (κ2) is 7.36. The van der Waals surface area contributed by atoms with E-state index in [1.165, 1.54) is 0 Å². The number of anilines is 1. The lowest BCUT2D eigenvalue weighted by Crippen LogP contribution is -2.46. The number of benzene rings is 1. The van der Waals surface area contributed by atoms with Crippen molar-refractivity contribution in [2.24, 2.45) is 0 Å². The number of piperidine rings is 1. The lowest BCUT2D eigenvalue weighted by atomic mass is 10.00. The second-order valence-electron chi connectivity index (χ2n) is 5.07. The fraction of sp³-hybridized carbons (Fsp3) is 0.467. The first-order valence-corrected chi connectivity index (χ1v) is 8.26. The van der Waals surface area contributed by atoms with Crippen LogP contribution in [0.25, 0.3) is 0 Å². The van der Waals surface area contributed by atoms with E-state index < -0.39 is 5.97 Å². The molecule has 1 aliphatic rings. The smallest absolute Gasteiger partial charge is 0.322 e. The average molecular weight is 308 g/mol. The van der Waals surface area contributed by atoms with Crippen molar-refractivity contribution < 1.29 is 14.7 Å². The number of amides is 2. The molecule has 1 fully saturated rings. The number of carbonyl (C=O) groups is 2. The highest BCUT2D eigenvalue weighted by molar-refractivity contribution is 7.98. The normalized spacial score (nSPS) is 18.3. The van der Waals surface area contributed by atoms with Gasteiger partial charge in [0.2, 0.25) is 0 Å². The molecule has 1 saturated heterocycles. The largest absolute Gasteiger partial charge is 0.481 e. The molecular weight excluding hydrogens is 288 g/mol. The standard InChI is InChI=1S/C15H20N2O3S/c1-21-13-8-3-2-7-12(13)16-15(20)17-9-5-4-6-11(17)10-14(18)19/h2-3,7-8,11H,4-6,9-10H2,1H3,(H,16,20)(H,18,19). The number of thioether (sulfide) groups is 1. The SMILES string of the molecule is CSc1ccccc1NC(=O)N1CCCCC1CC(=O)O. The second-order valence-corrected chi connectivity index (χ2v) is 5.92. The van der Waals surface area contributed by atoms with Gasteiger partial charge in [0.15, 0.2) is 0 Å². The van der Waals surface area contributed by atoms with Crippen LogP contribution in [0.4, 0.5) is 10.5 Å². The van der Waals surface area contributed by atoms with Crippen LogP contribution in [0.15, 0.2) is 29.2 Å². The number of hydrogen-bond acceptors (Lipinski definition) is 3. The fourth-order valence-electron chi connectivity index (χ4n) is 2.62. The Hall–Kier alpha value is -1.69. The van der Waals surface area contributed by atoms with Gasteiger partial charge < -0.3 is 15.3 Å². The summed E-state index contributed by atoms with van der Waals surface area (Å²) in [6.07, 6.45) is 4.62. The number of aliphatic carboxylic acids is 1. The fourth-order valence-corrected chi connectivity index (χ4v) is 3.17. The van der Waals surface area contributed by atoms with Gasteiger partial charge in [0.05, 0.1) is 12.1 Å². The monoisotopic (exact) mass is 308 g/mol. The summed E-state index contributed by atoms with van der Waals surface area (Å²) >= 11 is 1.57. The van der Waals surface area contributed by atoms with Gasteiger partial charge in [-0.2, -0.15) is 0 Å². The maximum Gasteiger partial charge on any atom is 0.322 e. The molecule has 5 nitrogen and oxygen atoms in total. The number of hydrogen-bond donors (Lipinski definition) is 2. The number of nitrogens with one attached hydrogen (secondary N) is 1. The van der Waals surface area contributed by atoms with Crippen molar-refractivity contribution in [1.29, 1.82) is 0 Å². The van der Waals surface area contributed by atoms with E-state index >= 15 is 0 Å². The molecule has 2 N–H and O–H groups in total. The van der Waals surface area contributed by atoms with E-state index in [1.54, 1.807) is 16.7 Å². The molecule has 21 heavy (non-hydrogen) atoms. The Morgan fingerprint density at radius 1 is 1.38 bits per heavy atom. The minimum absolute atomic E-state index is 0.0115. The summed E-state index contributed by atoms with van der Waals surface area (Å²) in [6.45, 7) is 0.616. The molecule has 1 unspecified atom stereocenters. The van der Waals surface area contributed by atoms with Gasteiger partial charge in [0.1, 0.15) is 0 Å². The van der Waals surface area contributed by atoms with Crippen molar-refractivity contribution in [2.45, 2.75) is 36.6 Å². The van der Waals surface area contributed by atoms with Crippen molar-refractivity contribution in [3.63, 3.8) is 0 Å². The molecule has 1 atom stereocenters. The van der Waals surface area contributed by atoms with E-state index in [0.717, 1.165) is 29.8 Å². The summed E-state index contributed by atoms with van der Waals surface area (Å²) in [6, 6.07) is 7.20. The van der Waals surface area contributed by atoms with Gasteiger partial charge in [-0.3, -0.25) is 4.79 Å². The van der Waals surface area contributed by atoms with Crippen molar-refractivity contribution in [2.75, 3.05) is 18.1 Å². The number of rotatable bonds is 4. The highest BCUT2D eigenvalue weighted by atomic mass is 32.2. The Kier molecular flexibility index (Phi) is 5.50. The Labute approximate surface area is 128 Å². The first-order valence-electron chi connectivity index (χ1n) is 7.04. The molecule has 0 aliphatic carbocycles. The first kappa shape index (κ1) is 15.7. The number of likely N-dealkylation sites (tertiary alicyclic amines) is 1. The van der Waals surface area contributed by atoms with Gasteiger partial charge >= 0.3 is 12.0 Å². The van der Waals surface area contributed by atoms with E-state index in [4.69, 9.17) is 5.11 Å². The van der Waals surface area contributed by atoms with Crippen LogP contribution in [0.3, 0.4) is 0 Å². The van der Waals surface area contributed by atoms with Crippen molar-refractivity contribution in [1.82, 2.24) is 4.90 Å². The number of carbonyl (C=O) groups excluding carboxylic acids is 1. The third kappa shape index (κ3) is 4.14. The summed E-state index contributed by atoms with van der Waals surface area (Å²) in [5, 5.41) is 11.9. The molecule has 1 aromatic carbocycles. The van der Waals surface area contributed by atoms with Gasteiger partial charge in [-0.1, -0.05) is 12.1 Å². The van der Waals surface area contributed by atoms with Crippen LogP contribution in [-0.4, -0.2) is 40.8 Å². The molecule has 114 valence electrons. The minimum Gasteiger partial charge on any atom is -0.481 e. The first-order chi connectivity index (χ1) is 10.1. The van der Waals surface area contributed by atoms with Crippen molar-refractivity contribution >= 4 is 29.4 Å². The highest BCUT2D eigenvalue weighted by Gasteiger charge is 2.28. The van der Waals surface area contributed by atoms with E-state index in [0.29, 0.717) is 6.54 Å². The summed E-state index contributed by atoms with van der Waals surface area (Å²) in [4.78, 5) is 26.0. The molecule has 0 bridgehead atoms. The average Bonchev–Trinajstić information content (AvgIpc) is 2.47. The summed E-state index contributed by atoms with van der Waals surface area (Å²) in [7, 11) is 0. The molecule has 0 spiro atoms. The third-order valence-electron chi connectivity index (χ3n) is 3.65. The number of carboxylic acids is 1. The molecule has 6 heteroatoms. The van der Waals surface area contributed by atoms with Gasteiger partial charge in [0.25, 0.3) is 0 Å². The quantitative estimate of drug-likeness (QED) is 0.838.